The molecular weight excluding hydrogens is 545 g/mol. The van der Waals surface area contributed by atoms with Gasteiger partial charge in [-0.05, 0) is 68.8 Å². The van der Waals surface area contributed by atoms with Crippen LogP contribution in [0.2, 0.25) is 0 Å². The Kier molecular flexibility index (Phi) is 6.88. The minimum atomic E-state index is -2.72. The molecule has 2 aromatic carbocycles. The number of hydrogen-bond donors (Lipinski definition) is 5. The molecule has 0 bridgehead atoms. The molecule has 0 radical (unpaired) electrons. The number of ketones is 2. The average molecular weight is 576 g/mol. The Labute approximate surface area is 241 Å². The highest BCUT2D eigenvalue weighted by molar-refractivity contribution is 6.24. The quantitative estimate of drug-likeness (QED) is 0.270. The van der Waals surface area contributed by atoms with Crippen molar-refractivity contribution in [1.29, 1.82) is 0 Å². The standard InChI is InChI=1S/C31H30FN3O7/c1-34(2)20-13-15(8-5-14-6-9-17(32)10-7-14)25(36)22-18(20)11-16-12-19-24(35(3)4)27(38)23(30(33)41)29(40)31(19,42)28(39)21(16)26(22)37/h6-7,9-10,13,16,19,24,36-37,40,42H,11-12H2,1-4H3,(H2,33,41)/t16-,19-,24-,31-/m1/s1. The first-order valence-corrected chi connectivity index (χ1v) is 13.2. The maximum Gasteiger partial charge on any atom is 0.255 e. The lowest BCUT2D eigenvalue weighted by atomic mass is 9.57. The highest BCUT2D eigenvalue weighted by Crippen LogP contribution is 2.54. The number of anilines is 1. The molecule has 4 atom stereocenters. The van der Waals surface area contributed by atoms with Crippen LogP contribution in [0.3, 0.4) is 0 Å². The van der Waals surface area contributed by atoms with Gasteiger partial charge in [0.25, 0.3) is 5.91 Å². The second kappa shape index (κ2) is 10.0. The van der Waals surface area contributed by atoms with E-state index in [2.05, 4.69) is 11.8 Å². The van der Waals surface area contributed by atoms with Crippen LogP contribution >= 0.6 is 0 Å². The highest BCUT2D eigenvalue weighted by Gasteiger charge is 2.64. The van der Waals surface area contributed by atoms with E-state index in [1.165, 1.54) is 29.2 Å². The summed E-state index contributed by atoms with van der Waals surface area (Å²) in [6.07, 6.45) is 0.146. The van der Waals surface area contributed by atoms with E-state index in [-0.39, 0.29) is 29.5 Å². The molecule has 3 aliphatic carbocycles. The number of amides is 1. The van der Waals surface area contributed by atoms with Crippen LogP contribution < -0.4 is 10.6 Å². The molecule has 0 saturated heterocycles. The molecule has 10 nitrogen and oxygen atoms in total. The average Bonchev–Trinajstić information content (AvgIpc) is 2.90. The molecule has 1 fully saturated rings. The van der Waals surface area contributed by atoms with Gasteiger partial charge in [0.2, 0.25) is 5.78 Å². The Hall–Kier alpha value is -4.66. The summed E-state index contributed by atoms with van der Waals surface area (Å²) in [6.45, 7) is 0. The summed E-state index contributed by atoms with van der Waals surface area (Å²) in [7, 11) is 6.62. The minimum Gasteiger partial charge on any atom is -0.508 e. The Morgan fingerprint density at radius 3 is 2.29 bits per heavy atom. The SMILES string of the molecule is CN(C)c1cc(C#Cc2ccc(F)cc2)c(O)c2c1C[C@@H]1C[C@@H]3[C@@H](N(C)C)C(=O)C(C(N)=O)=C(O)[C@]3(O)C(=O)C1=C2O. The maximum absolute atomic E-state index is 14.0. The van der Waals surface area contributed by atoms with Crippen LogP contribution in [0.1, 0.15) is 28.7 Å². The number of carbonyl (C=O) groups excluding carboxylic acids is 3. The number of benzene rings is 2. The first-order valence-electron chi connectivity index (χ1n) is 13.2. The van der Waals surface area contributed by atoms with E-state index in [4.69, 9.17) is 5.73 Å². The van der Waals surface area contributed by atoms with Gasteiger partial charge in [-0.1, -0.05) is 11.8 Å². The number of nitrogens with zero attached hydrogens (tertiary/aromatic N) is 2. The molecular formula is C31H30FN3O7. The summed E-state index contributed by atoms with van der Waals surface area (Å²) in [4.78, 5) is 42.7. The largest absolute Gasteiger partial charge is 0.508 e. The molecule has 0 spiro atoms. The molecule has 11 heteroatoms. The second-order valence-electron chi connectivity index (χ2n) is 11.3. The fourth-order valence-electron chi connectivity index (χ4n) is 6.46. The number of carbonyl (C=O) groups is 3. The van der Waals surface area contributed by atoms with E-state index in [0.717, 1.165) is 0 Å². The minimum absolute atomic E-state index is 0.00842. The van der Waals surface area contributed by atoms with Crippen LogP contribution in [0.4, 0.5) is 10.1 Å². The zero-order valence-corrected chi connectivity index (χ0v) is 23.4. The molecule has 0 unspecified atom stereocenters. The third-order valence-corrected chi connectivity index (χ3v) is 8.36. The molecule has 0 aromatic heterocycles. The third kappa shape index (κ3) is 4.14. The second-order valence-corrected chi connectivity index (χ2v) is 11.3. The van der Waals surface area contributed by atoms with Crippen LogP contribution in [0.25, 0.3) is 5.76 Å². The number of phenolic OH excluding ortho intramolecular Hbond substituents is 1. The number of aliphatic hydroxyl groups is 3. The smallest absolute Gasteiger partial charge is 0.255 e. The normalized spacial score (nSPS) is 25.0. The zero-order chi connectivity index (χ0) is 30.8. The molecule has 3 aliphatic rings. The van der Waals surface area contributed by atoms with Gasteiger partial charge in [0.15, 0.2) is 11.4 Å². The summed E-state index contributed by atoms with van der Waals surface area (Å²) in [6, 6.07) is 5.93. The van der Waals surface area contributed by atoms with Crippen molar-refractivity contribution < 1.29 is 39.2 Å². The number of likely N-dealkylation sites (N-methyl/N-ethyl adjacent to an activating group) is 1. The number of aliphatic hydroxyl groups excluding tert-OH is 2. The molecule has 0 aliphatic heterocycles. The maximum atomic E-state index is 14.0. The predicted molar refractivity (Wildman–Crippen MR) is 151 cm³/mol. The van der Waals surface area contributed by atoms with E-state index in [9.17, 15) is 39.2 Å². The lowest BCUT2D eigenvalue weighted by Gasteiger charge is -2.50. The van der Waals surface area contributed by atoms with Crippen LogP contribution in [-0.4, -0.2) is 82.6 Å². The molecule has 0 heterocycles. The highest BCUT2D eigenvalue weighted by atomic mass is 19.1. The Balaban J connectivity index is 1.72. The number of aromatic hydroxyl groups is 1. The number of rotatable bonds is 3. The fourth-order valence-corrected chi connectivity index (χ4v) is 6.46. The van der Waals surface area contributed by atoms with Gasteiger partial charge in [-0.3, -0.25) is 19.3 Å². The number of fused-ring (bicyclic) bond motifs is 3. The topological polar surface area (TPSA) is 165 Å². The summed E-state index contributed by atoms with van der Waals surface area (Å²) in [5, 5.41) is 45.6. The van der Waals surface area contributed by atoms with Gasteiger partial charge in [0, 0.05) is 36.8 Å². The van der Waals surface area contributed by atoms with Gasteiger partial charge in [-0.2, -0.15) is 0 Å². The van der Waals surface area contributed by atoms with Crippen molar-refractivity contribution in [3.8, 4) is 17.6 Å². The summed E-state index contributed by atoms with van der Waals surface area (Å²) in [5.41, 5.74) is 3.22. The predicted octanol–water partition coefficient (Wildman–Crippen LogP) is 1.57. The molecule has 1 saturated carbocycles. The first kappa shape index (κ1) is 28.9. The number of halogens is 1. The van der Waals surface area contributed by atoms with E-state index in [0.29, 0.717) is 16.8 Å². The van der Waals surface area contributed by atoms with E-state index >= 15 is 0 Å². The molecule has 218 valence electrons. The number of nitrogens with two attached hydrogens (primary N) is 1. The van der Waals surface area contributed by atoms with E-state index in [1.807, 2.05) is 0 Å². The summed E-state index contributed by atoms with van der Waals surface area (Å²) < 4.78 is 13.3. The number of Topliss-reactive ketones (excluding diaryl/α,β-unsaturated/α-hetero) is 2. The van der Waals surface area contributed by atoms with Crippen molar-refractivity contribution in [2.75, 3.05) is 33.1 Å². The van der Waals surface area contributed by atoms with Gasteiger partial charge in [-0.25, -0.2) is 4.39 Å². The monoisotopic (exact) mass is 575 g/mol. The number of hydrogen-bond acceptors (Lipinski definition) is 9. The van der Waals surface area contributed by atoms with Gasteiger partial charge >= 0.3 is 0 Å². The molecule has 42 heavy (non-hydrogen) atoms. The van der Waals surface area contributed by atoms with Crippen molar-refractivity contribution in [2.45, 2.75) is 24.5 Å². The number of phenols is 1. The van der Waals surface area contributed by atoms with E-state index < -0.39 is 69.6 Å². The van der Waals surface area contributed by atoms with Gasteiger partial charge in [0.05, 0.1) is 17.2 Å². The molecule has 2 aromatic rings. The third-order valence-electron chi connectivity index (χ3n) is 8.36. The molecule has 5 rings (SSSR count). The zero-order valence-electron chi connectivity index (χ0n) is 23.4. The van der Waals surface area contributed by atoms with Crippen molar-refractivity contribution in [1.82, 2.24) is 4.90 Å². The number of primary amides is 1. The van der Waals surface area contributed by atoms with Gasteiger partial charge in [0.1, 0.15) is 28.7 Å². The van der Waals surface area contributed by atoms with Crippen LogP contribution in [0.5, 0.6) is 5.75 Å². The van der Waals surface area contributed by atoms with Crippen molar-refractivity contribution >= 4 is 28.9 Å². The lowest BCUT2D eigenvalue weighted by Crippen LogP contribution is -2.65. The Bertz CT molecular complexity index is 1680. The van der Waals surface area contributed by atoms with Crippen LogP contribution in [0.15, 0.2) is 47.2 Å². The summed E-state index contributed by atoms with van der Waals surface area (Å²) in [5.74, 6) is -1.93. The molecule has 1 amide bonds. The van der Waals surface area contributed by atoms with Crippen molar-refractivity contribution in [3.63, 3.8) is 0 Å². The Morgan fingerprint density at radius 1 is 1.07 bits per heavy atom. The van der Waals surface area contributed by atoms with Crippen molar-refractivity contribution in [3.05, 3.63) is 75.3 Å². The van der Waals surface area contributed by atoms with E-state index in [1.54, 1.807) is 39.2 Å². The van der Waals surface area contributed by atoms with Gasteiger partial charge in [-0.15, -0.1) is 0 Å². The van der Waals surface area contributed by atoms with Crippen molar-refractivity contribution in [2.24, 2.45) is 17.6 Å². The van der Waals surface area contributed by atoms with Crippen LogP contribution in [-0.2, 0) is 20.8 Å². The molecule has 6 N–H and O–H groups in total. The van der Waals surface area contributed by atoms with Crippen LogP contribution in [0, 0.1) is 29.5 Å². The van der Waals surface area contributed by atoms with Gasteiger partial charge < -0.3 is 31.1 Å². The first-order chi connectivity index (χ1) is 19.7. The summed E-state index contributed by atoms with van der Waals surface area (Å²) >= 11 is 0. The lowest BCUT2D eigenvalue weighted by molar-refractivity contribution is -0.153. The fraction of sp³-hybridized carbons (Fsp3) is 0.323. The Morgan fingerprint density at radius 2 is 1.71 bits per heavy atom.